The number of hydrogen-bond donors (Lipinski definition) is 1. The maximum Gasteiger partial charge on any atom is 0.275 e. The van der Waals surface area contributed by atoms with E-state index in [1.165, 1.54) is 0 Å². The van der Waals surface area contributed by atoms with Crippen molar-refractivity contribution in [3.8, 4) is 11.3 Å². The molecule has 0 atom stereocenters. The third-order valence-electron chi connectivity index (χ3n) is 5.65. The predicted octanol–water partition coefficient (Wildman–Crippen LogP) is 2.35. The Kier molecular flexibility index (Phi) is 4.54. The van der Waals surface area contributed by atoms with Crippen molar-refractivity contribution in [3.05, 3.63) is 60.5 Å². The Morgan fingerprint density at radius 2 is 2.07 bits per heavy atom. The van der Waals surface area contributed by atoms with Gasteiger partial charge in [0.05, 0.1) is 18.4 Å². The number of allylic oxidation sites excluding steroid dienone is 1. The number of anilines is 1. The lowest BCUT2D eigenvalue weighted by molar-refractivity contribution is -0.126. The fraction of sp³-hybridized carbons (Fsp3) is 0.318. The molecule has 0 bridgehead atoms. The summed E-state index contributed by atoms with van der Waals surface area (Å²) < 4.78 is 0. The number of carbonyl (C=O) groups excluding carboxylic acids is 2. The molecule has 8 heteroatoms. The van der Waals surface area contributed by atoms with E-state index in [0.29, 0.717) is 18.1 Å². The molecule has 3 aliphatic rings. The normalized spacial score (nSPS) is 18.7. The van der Waals surface area contributed by atoms with Gasteiger partial charge >= 0.3 is 0 Å². The highest BCUT2D eigenvalue weighted by molar-refractivity contribution is 6.01. The standard InChI is InChI=1S/C22H22N6O2/c1-14-17-3-2-10-27(21(17)22(30)28(14)16-5-6-16)13-20(29)26-19-7-4-15(11-25-19)18-12-23-8-9-24-18/h4,7-9,11-12,16H,1-3,5-6,10,13H2,(H,25,26,29). The number of nitrogens with zero attached hydrogens (tertiary/aromatic N) is 5. The molecule has 2 aromatic rings. The highest BCUT2D eigenvalue weighted by atomic mass is 16.2. The summed E-state index contributed by atoms with van der Waals surface area (Å²) in [5, 5.41) is 2.82. The van der Waals surface area contributed by atoms with Crippen LogP contribution in [0.4, 0.5) is 5.82 Å². The molecule has 1 fully saturated rings. The Labute approximate surface area is 174 Å². The average molecular weight is 402 g/mol. The lowest BCUT2D eigenvalue weighted by Crippen LogP contribution is -2.39. The van der Waals surface area contributed by atoms with Crippen LogP contribution in [-0.2, 0) is 9.59 Å². The third kappa shape index (κ3) is 3.34. The first kappa shape index (κ1) is 18.5. The van der Waals surface area contributed by atoms with Gasteiger partial charge in [-0.2, -0.15) is 0 Å². The largest absolute Gasteiger partial charge is 0.357 e. The van der Waals surface area contributed by atoms with Crippen LogP contribution in [0.5, 0.6) is 0 Å². The molecule has 0 saturated heterocycles. The minimum absolute atomic E-state index is 0.00329. The number of rotatable bonds is 5. The van der Waals surface area contributed by atoms with Gasteiger partial charge in [-0.05, 0) is 37.8 Å². The number of aromatic nitrogens is 3. The summed E-state index contributed by atoms with van der Waals surface area (Å²) >= 11 is 0. The fourth-order valence-electron chi connectivity index (χ4n) is 4.10. The van der Waals surface area contributed by atoms with Gasteiger partial charge in [-0.25, -0.2) is 4.98 Å². The van der Waals surface area contributed by atoms with Gasteiger partial charge in [0, 0.05) is 48.0 Å². The van der Waals surface area contributed by atoms with Gasteiger partial charge in [0.25, 0.3) is 5.91 Å². The monoisotopic (exact) mass is 402 g/mol. The summed E-state index contributed by atoms with van der Waals surface area (Å²) in [6, 6.07) is 3.86. The van der Waals surface area contributed by atoms with Gasteiger partial charge in [-0.15, -0.1) is 0 Å². The minimum Gasteiger partial charge on any atom is -0.357 e. The van der Waals surface area contributed by atoms with Crippen LogP contribution < -0.4 is 5.32 Å². The summed E-state index contributed by atoms with van der Waals surface area (Å²) in [4.78, 5) is 41.9. The second-order valence-electron chi connectivity index (χ2n) is 7.78. The Balaban J connectivity index is 1.26. The summed E-state index contributed by atoms with van der Waals surface area (Å²) in [5.74, 6) is 0.254. The molecule has 30 heavy (non-hydrogen) atoms. The van der Waals surface area contributed by atoms with Crippen molar-refractivity contribution < 1.29 is 9.59 Å². The molecule has 1 aliphatic carbocycles. The third-order valence-corrected chi connectivity index (χ3v) is 5.65. The van der Waals surface area contributed by atoms with E-state index >= 15 is 0 Å². The first-order valence-electron chi connectivity index (χ1n) is 10.1. The van der Waals surface area contributed by atoms with E-state index in [4.69, 9.17) is 0 Å². The van der Waals surface area contributed by atoms with Crippen LogP contribution in [0.2, 0.25) is 0 Å². The molecule has 4 heterocycles. The van der Waals surface area contributed by atoms with E-state index < -0.39 is 0 Å². The number of carbonyl (C=O) groups is 2. The van der Waals surface area contributed by atoms with Crippen molar-refractivity contribution in [1.82, 2.24) is 24.8 Å². The molecule has 152 valence electrons. The van der Waals surface area contributed by atoms with Crippen LogP contribution in [0.3, 0.4) is 0 Å². The zero-order valence-electron chi connectivity index (χ0n) is 16.5. The van der Waals surface area contributed by atoms with Gasteiger partial charge in [0.15, 0.2) is 0 Å². The van der Waals surface area contributed by atoms with E-state index in [2.05, 4.69) is 26.8 Å². The lowest BCUT2D eigenvalue weighted by atomic mass is 10.0. The van der Waals surface area contributed by atoms with Gasteiger partial charge in [-0.3, -0.25) is 19.6 Å². The second-order valence-corrected chi connectivity index (χ2v) is 7.78. The quantitative estimate of drug-likeness (QED) is 0.826. The first-order valence-corrected chi connectivity index (χ1v) is 10.1. The summed E-state index contributed by atoms with van der Waals surface area (Å²) in [6.45, 7) is 4.95. The molecule has 1 N–H and O–H groups in total. The molecule has 1 saturated carbocycles. The van der Waals surface area contributed by atoms with Gasteiger partial charge < -0.3 is 15.1 Å². The Bertz CT molecular complexity index is 1040. The van der Waals surface area contributed by atoms with Crippen molar-refractivity contribution in [2.24, 2.45) is 0 Å². The molecule has 0 radical (unpaired) electrons. The summed E-state index contributed by atoms with van der Waals surface area (Å²) in [6.07, 6.45) is 10.4. The molecule has 2 amide bonds. The average Bonchev–Trinajstić information content (AvgIpc) is 3.56. The Morgan fingerprint density at radius 3 is 2.77 bits per heavy atom. The highest BCUT2D eigenvalue weighted by Gasteiger charge is 2.45. The van der Waals surface area contributed by atoms with Crippen LogP contribution >= 0.6 is 0 Å². The molecule has 2 aliphatic heterocycles. The molecular formula is C22H22N6O2. The van der Waals surface area contributed by atoms with Crippen molar-refractivity contribution in [2.75, 3.05) is 18.4 Å². The second kappa shape index (κ2) is 7.37. The highest BCUT2D eigenvalue weighted by Crippen LogP contribution is 2.42. The molecule has 8 nitrogen and oxygen atoms in total. The zero-order valence-corrected chi connectivity index (χ0v) is 16.5. The maximum absolute atomic E-state index is 13.0. The molecule has 0 aromatic carbocycles. The Morgan fingerprint density at radius 1 is 1.20 bits per heavy atom. The SMILES string of the molecule is C=C1C2=C(C(=O)N1C1CC1)N(CC(=O)Nc1ccc(-c3cnccn3)cn1)CCC2. The number of amides is 2. The molecular weight excluding hydrogens is 380 g/mol. The molecule has 5 rings (SSSR count). The van der Waals surface area contributed by atoms with Crippen LogP contribution in [0, 0.1) is 0 Å². The topological polar surface area (TPSA) is 91.3 Å². The van der Waals surface area contributed by atoms with Crippen LogP contribution in [0.25, 0.3) is 11.3 Å². The first-order chi connectivity index (χ1) is 14.6. The van der Waals surface area contributed by atoms with E-state index in [9.17, 15) is 9.59 Å². The lowest BCUT2D eigenvalue weighted by Gasteiger charge is -2.28. The molecule has 2 aromatic heterocycles. The van der Waals surface area contributed by atoms with Gasteiger partial charge in [-0.1, -0.05) is 6.58 Å². The van der Waals surface area contributed by atoms with E-state index in [1.54, 1.807) is 30.9 Å². The van der Waals surface area contributed by atoms with Crippen molar-refractivity contribution >= 4 is 17.6 Å². The smallest absolute Gasteiger partial charge is 0.275 e. The number of nitrogens with one attached hydrogen (secondary N) is 1. The number of hydrogen-bond acceptors (Lipinski definition) is 6. The maximum atomic E-state index is 13.0. The van der Waals surface area contributed by atoms with E-state index in [1.807, 2.05) is 15.9 Å². The fourth-order valence-corrected chi connectivity index (χ4v) is 4.10. The summed E-state index contributed by atoms with van der Waals surface area (Å²) in [7, 11) is 0. The minimum atomic E-state index is -0.202. The van der Waals surface area contributed by atoms with E-state index in [-0.39, 0.29) is 24.4 Å². The Hall–Kier alpha value is -3.55. The zero-order chi connectivity index (χ0) is 20.7. The van der Waals surface area contributed by atoms with Crippen LogP contribution in [-0.4, -0.2) is 55.7 Å². The van der Waals surface area contributed by atoms with E-state index in [0.717, 1.165) is 48.2 Å². The van der Waals surface area contributed by atoms with Crippen LogP contribution in [0.1, 0.15) is 25.7 Å². The van der Waals surface area contributed by atoms with Crippen LogP contribution in [0.15, 0.2) is 60.5 Å². The number of pyridine rings is 1. The van der Waals surface area contributed by atoms with Crippen molar-refractivity contribution in [3.63, 3.8) is 0 Å². The van der Waals surface area contributed by atoms with Gasteiger partial charge in [0.1, 0.15) is 11.5 Å². The predicted molar refractivity (Wildman–Crippen MR) is 111 cm³/mol. The molecule has 0 unspecified atom stereocenters. The van der Waals surface area contributed by atoms with Gasteiger partial charge in [0.2, 0.25) is 5.91 Å². The van der Waals surface area contributed by atoms with Crippen molar-refractivity contribution in [2.45, 2.75) is 31.7 Å². The van der Waals surface area contributed by atoms with Crippen molar-refractivity contribution in [1.29, 1.82) is 0 Å². The summed E-state index contributed by atoms with van der Waals surface area (Å²) in [5.41, 5.74) is 4.01. The molecule has 0 spiro atoms.